The summed E-state index contributed by atoms with van der Waals surface area (Å²) in [6, 6.07) is 0. The second-order valence-electron chi connectivity index (χ2n) is 3.64. The molecule has 0 aromatic heterocycles. The Balaban J connectivity index is -0.000000251. The van der Waals surface area contributed by atoms with Gasteiger partial charge < -0.3 is 10.0 Å². The van der Waals surface area contributed by atoms with E-state index in [9.17, 15) is 13.2 Å². The molecular weight excluding hydrogens is 271 g/mol. The van der Waals surface area contributed by atoms with Gasteiger partial charge in [-0.25, -0.2) is 4.79 Å². The normalized spacial score (nSPS) is 10.4. The standard InChI is InChI=1S/C9H21N.C2HF3O2.ClH/c1-4-7-10(8-5-2)9-6-3;3-2(4,5)1(6)7;/h4-9H2,1-3H3;(H,6,7);1H. The smallest absolute Gasteiger partial charge is 0.475 e. The van der Waals surface area contributed by atoms with Gasteiger partial charge in [0, 0.05) is 0 Å². The van der Waals surface area contributed by atoms with E-state index in [4.69, 9.17) is 9.90 Å². The van der Waals surface area contributed by atoms with E-state index in [0.717, 1.165) is 0 Å². The van der Waals surface area contributed by atoms with E-state index in [1.807, 2.05) is 0 Å². The lowest BCUT2D eigenvalue weighted by atomic mass is 10.3. The van der Waals surface area contributed by atoms with Crippen molar-refractivity contribution in [2.24, 2.45) is 0 Å². The average Bonchev–Trinajstić information content (AvgIpc) is 2.18. The topological polar surface area (TPSA) is 40.5 Å². The Bertz CT molecular complexity index is 187. The fourth-order valence-electron chi connectivity index (χ4n) is 1.28. The molecule has 0 fully saturated rings. The molecule has 0 radical (unpaired) electrons. The lowest BCUT2D eigenvalue weighted by Crippen LogP contribution is -2.25. The van der Waals surface area contributed by atoms with Gasteiger partial charge in [-0.05, 0) is 38.9 Å². The quantitative estimate of drug-likeness (QED) is 0.814. The molecule has 0 aromatic rings. The highest BCUT2D eigenvalue weighted by Gasteiger charge is 2.38. The number of hydrogen-bond acceptors (Lipinski definition) is 2. The van der Waals surface area contributed by atoms with Gasteiger partial charge in [-0.3, -0.25) is 0 Å². The van der Waals surface area contributed by atoms with Crippen molar-refractivity contribution in [2.45, 2.75) is 46.2 Å². The van der Waals surface area contributed by atoms with Crippen molar-refractivity contribution in [3.8, 4) is 0 Å². The largest absolute Gasteiger partial charge is 0.490 e. The van der Waals surface area contributed by atoms with Crippen LogP contribution in [-0.4, -0.2) is 41.8 Å². The summed E-state index contributed by atoms with van der Waals surface area (Å²) in [5.41, 5.74) is 0. The molecule has 0 aliphatic carbocycles. The molecule has 0 atom stereocenters. The number of rotatable bonds is 6. The zero-order valence-electron chi connectivity index (χ0n) is 11.1. The van der Waals surface area contributed by atoms with Crippen molar-refractivity contribution in [2.75, 3.05) is 19.6 Å². The lowest BCUT2D eigenvalue weighted by Gasteiger charge is -2.19. The summed E-state index contributed by atoms with van der Waals surface area (Å²) in [4.78, 5) is 11.4. The maximum absolute atomic E-state index is 10.6. The third-order valence-corrected chi connectivity index (χ3v) is 1.86. The van der Waals surface area contributed by atoms with Gasteiger partial charge in [0.25, 0.3) is 0 Å². The third kappa shape index (κ3) is 15.5. The van der Waals surface area contributed by atoms with E-state index in [2.05, 4.69) is 25.7 Å². The van der Waals surface area contributed by atoms with Crippen LogP contribution in [0.3, 0.4) is 0 Å². The molecule has 0 bridgehead atoms. The molecule has 112 valence electrons. The summed E-state index contributed by atoms with van der Waals surface area (Å²) in [5.74, 6) is -2.76. The Morgan fingerprint density at radius 2 is 1.22 bits per heavy atom. The summed E-state index contributed by atoms with van der Waals surface area (Å²) < 4.78 is 31.7. The molecule has 0 amide bonds. The molecule has 0 aromatic carbocycles. The minimum absolute atomic E-state index is 0. The van der Waals surface area contributed by atoms with Gasteiger partial charge in [-0.2, -0.15) is 13.2 Å². The van der Waals surface area contributed by atoms with Crippen LogP contribution in [0.5, 0.6) is 0 Å². The monoisotopic (exact) mass is 293 g/mol. The van der Waals surface area contributed by atoms with Crippen LogP contribution in [0.2, 0.25) is 0 Å². The maximum atomic E-state index is 10.6. The van der Waals surface area contributed by atoms with E-state index in [1.165, 1.54) is 38.9 Å². The number of carboxylic acid groups (broad SMARTS) is 1. The predicted molar refractivity (Wildman–Crippen MR) is 68.3 cm³/mol. The molecule has 0 aliphatic heterocycles. The molecule has 18 heavy (non-hydrogen) atoms. The van der Waals surface area contributed by atoms with Gasteiger partial charge in [-0.1, -0.05) is 20.8 Å². The van der Waals surface area contributed by atoms with Crippen molar-refractivity contribution >= 4 is 18.4 Å². The third-order valence-electron chi connectivity index (χ3n) is 1.86. The first-order valence-electron chi connectivity index (χ1n) is 5.81. The zero-order valence-corrected chi connectivity index (χ0v) is 11.9. The highest BCUT2D eigenvalue weighted by molar-refractivity contribution is 5.85. The molecule has 0 spiro atoms. The molecule has 1 N–H and O–H groups in total. The summed E-state index contributed by atoms with van der Waals surface area (Å²) in [6.07, 6.45) is -1.21. The Morgan fingerprint density at radius 3 is 1.33 bits per heavy atom. The minimum Gasteiger partial charge on any atom is -0.475 e. The van der Waals surface area contributed by atoms with Crippen molar-refractivity contribution in [3.05, 3.63) is 0 Å². The predicted octanol–water partition coefficient (Wildman–Crippen LogP) is 3.57. The molecule has 0 aliphatic rings. The van der Waals surface area contributed by atoms with Crippen LogP contribution < -0.4 is 0 Å². The van der Waals surface area contributed by atoms with Crippen LogP contribution in [0.15, 0.2) is 0 Å². The van der Waals surface area contributed by atoms with Crippen molar-refractivity contribution in [1.82, 2.24) is 4.90 Å². The van der Waals surface area contributed by atoms with E-state index < -0.39 is 12.1 Å². The molecule has 0 rings (SSSR count). The van der Waals surface area contributed by atoms with Crippen molar-refractivity contribution < 1.29 is 23.1 Å². The molecule has 3 nitrogen and oxygen atoms in total. The second-order valence-corrected chi connectivity index (χ2v) is 3.64. The summed E-state index contributed by atoms with van der Waals surface area (Å²) in [5, 5.41) is 7.12. The van der Waals surface area contributed by atoms with Crippen LogP contribution in [0, 0.1) is 0 Å². The average molecular weight is 294 g/mol. The number of hydrogen-bond donors (Lipinski definition) is 1. The number of alkyl halides is 3. The Hall–Kier alpha value is -0.490. The number of halogens is 4. The SMILES string of the molecule is CCCN(CCC)CCC.Cl.O=C(O)C(F)(F)F. The van der Waals surface area contributed by atoms with Crippen LogP contribution in [0.4, 0.5) is 13.2 Å². The number of carboxylic acids is 1. The van der Waals surface area contributed by atoms with Gasteiger partial charge in [0.2, 0.25) is 0 Å². The first kappa shape index (κ1) is 22.7. The minimum atomic E-state index is -5.08. The fourth-order valence-corrected chi connectivity index (χ4v) is 1.28. The van der Waals surface area contributed by atoms with Gasteiger partial charge in [-0.15, -0.1) is 12.4 Å². The van der Waals surface area contributed by atoms with Crippen LogP contribution in [-0.2, 0) is 4.79 Å². The molecule has 7 heteroatoms. The lowest BCUT2D eigenvalue weighted by molar-refractivity contribution is -0.192. The Labute approximate surface area is 113 Å². The van der Waals surface area contributed by atoms with Gasteiger partial charge in [0.1, 0.15) is 0 Å². The first-order chi connectivity index (χ1) is 7.79. The van der Waals surface area contributed by atoms with Crippen LogP contribution in [0.25, 0.3) is 0 Å². The summed E-state index contributed by atoms with van der Waals surface area (Å²) >= 11 is 0. The van der Waals surface area contributed by atoms with E-state index >= 15 is 0 Å². The fraction of sp³-hybridized carbons (Fsp3) is 0.909. The Morgan fingerprint density at radius 1 is 1.00 bits per heavy atom. The van der Waals surface area contributed by atoms with E-state index in [0.29, 0.717) is 0 Å². The van der Waals surface area contributed by atoms with Crippen molar-refractivity contribution in [3.63, 3.8) is 0 Å². The first-order valence-corrected chi connectivity index (χ1v) is 5.81. The van der Waals surface area contributed by atoms with E-state index in [-0.39, 0.29) is 12.4 Å². The van der Waals surface area contributed by atoms with Gasteiger partial charge in [0.05, 0.1) is 0 Å². The molecule has 0 saturated heterocycles. The Kier molecular flexibility index (Phi) is 16.3. The van der Waals surface area contributed by atoms with Gasteiger partial charge >= 0.3 is 12.1 Å². The number of aliphatic carboxylic acids is 1. The zero-order chi connectivity index (χ0) is 13.9. The highest BCUT2D eigenvalue weighted by atomic mass is 35.5. The van der Waals surface area contributed by atoms with Crippen LogP contribution >= 0.6 is 12.4 Å². The second kappa shape index (κ2) is 13.0. The number of nitrogens with zero attached hydrogens (tertiary/aromatic N) is 1. The highest BCUT2D eigenvalue weighted by Crippen LogP contribution is 2.13. The molecular formula is C11H23ClF3NO2. The molecule has 0 unspecified atom stereocenters. The van der Waals surface area contributed by atoms with E-state index in [1.54, 1.807) is 0 Å². The number of carbonyl (C=O) groups is 1. The van der Waals surface area contributed by atoms with Crippen molar-refractivity contribution in [1.29, 1.82) is 0 Å². The summed E-state index contributed by atoms with van der Waals surface area (Å²) in [6.45, 7) is 10.6. The van der Waals surface area contributed by atoms with Crippen LogP contribution in [0.1, 0.15) is 40.0 Å². The maximum Gasteiger partial charge on any atom is 0.490 e. The molecule has 0 saturated carbocycles. The summed E-state index contributed by atoms with van der Waals surface area (Å²) in [7, 11) is 0. The molecule has 0 heterocycles. The van der Waals surface area contributed by atoms with Gasteiger partial charge in [0.15, 0.2) is 0 Å².